The number of likely N-dealkylation sites (tertiary alicyclic amines) is 1. The van der Waals surface area contributed by atoms with E-state index in [1.54, 1.807) is 11.0 Å². The monoisotopic (exact) mass is 393 g/mol. The fourth-order valence-corrected chi connectivity index (χ4v) is 3.30. The number of rotatable bonds is 5. The van der Waals surface area contributed by atoms with Crippen molar-refractivity contribution in [3.8, 4) is 0 Å². The quantitative estimate of drug-likeness (QED) is 0.835. The molecule has 28 heavy (non-hydrogen) atoms. The maximum absolute atomic E-state index is 13.5. The molecule has 0 aliphatic carbocycles. The maximum Gasteiger partial charge on any atom is 0.410 e. The van der Waals surface area contributed by atoms with Crippen LogP contribution in [0.4, 0.5) is 9.18 Å². The summed E-state index contributed by atoms with van der Waals surface area (Å²) in [5.74, 6) is -0.439. The zero-order valence-corrected chi connectivity index (χ0v) is 17.5. The Bertz CT molecular complexity index is 680. The lowest BCUT2D eigenvalue weighted by Crippen LogP contribution is -2.45. The van der Waals surface area contributed by atoms with Gasteiger partial charge in [-0.1, -0.05) is 12.1 Å². The van der Waals surface area contributed by atoms with Gasteiger partial charge in [-0.05, 0) is 65.4 Å². The van der Waals surface area contributed by atoms with Crippen molar-refractivity contribution in [1.29, 1.82) is 0 Å². The fourth-order valence-electron chi connectivity index (χ4n) is 3.30. The predicted octanol–water partition coefficient (Wildman–Crippen LogP) is 3.19. The standard InChI is InChI=1S/C21H32FN3O3/c1-21(2,3)28-20(27)25-11-9-15(10-12-25)19(26)23-14-18(24(4)5)16-7-6-8-17(22)13-16/h6-8,13,15,18H,9-12,14H2,1-5H3,(H,23,26)/t18-/m1/s1. The molecule has 6 nitrogen and oxygen atoms in total. The third-order valence-electron chi connectivity index (χ3n) is 4.84. The minimum absolute atomic E-state index is 0.0212. The molecule has 0 saturated carbocycles. The average molecular weight is 394 g/mol. The average Bonchev–Trinajstić information content (AvgIpc) is 2.60. The minimum Gasteiger partial charge on any atom is -0.444 e. The lowest BCUT2D eigenvalue weighted by atomic mass is 9.96. The lowest BCUT2D eigenvalue weighted by molar-refractivity contribution is -0.126. The number of ether oxygens (including phenoxy) is 1. The van der Waals surface area contributed by atoms with Crippen LogP contribution in [0.5, 0.6) is 0 Å². The van der Waals surface area contributed by atoms with E-state index in [9.17, 15) is 14.0 Å². The van der Waals surface area contributed by atoms with Crippen LogP contribution in [0.3, 0.4) is 0 Å². The van der Waals surface area contributed by atoms with Crippen molar-refractivity contribution in [3.63, 3.8) is 0 Å². The van der Waals surface area contributed by atoms with Gasteiger partial charge in [0.15, 0.2) is 0 Å². The minimum atomic E-state index is -0.524. The third kappa shape index (κ3) is 6.48. The number of hydrogen-bond acceptors (Lipinski definition) is 4. The van der Waals surface area contributed by atoms with Gasteiger partial charge in [-0.2, -0.15) is 0 Å². The van der Waals surface area contributed by atoms with Crippen molar-refractivity contribution >= 4 is 12.0 Å². The molecule has 1 heterocycles. The van der Waals surface area contributed by atoms with Gasteiger partial charge in [-0.25, -0.2) is 9.18 Å². The molecule has 2 amide bonds. The molecular formula is C21H32FN3O3. The van der Waals surface area contributed by atoms with E-state index in [1.165, 1.54) is 12.1 Å². The van der Waals surface area contributed by atoms with Gasteiger partial charge in [-0.3, -0.25) is 4.79 Å². The second-order valence-electron chi connectivity index (χ2n) is 8.52. The summed E-state index contributed by atoms with van der Waals surface area (Å²) in [6.45, 7) is 6.93. The zero-order valence-electron chi connectivity index (χ0n) is 17.5. The van der Waals surface area contributed by atoms with Crippen LogP contribution in [0.15, 0.2) is 24.3 Å². The summed E-state index contributed by atoms with van der Waals surface area (Å²) in [7, 11) is 3.81. The number of amides is 2. The Morgan fingerprint density at radius 2 is 1.93 bits per heavy atom. The van der Waals surface area contributed by atoms with E-state index in [1.807, 2.05) is 45.8 Å². The van der Waals surface area contributed by atoms with Gasteiger partial charge in [-0.15, -0.1) is 0 Å². The molecule has 1 saturated heterocycles. The van der Waals surface area contributed by atoms with Gasteiger partial charge in [0.2, 0.25) is 5.91 Å². The Labute approximate surface area is 167 Å². The topological polar surface area (TPSA) is 61.9 Å². The van der Waals surface area contributed by atoms with E-state index < -0.39 is 5.60 Å². The summed E-state index contributed by atoms with van der Waals surface area (Å²) in [6.07, 6.45) is 0.889. The van der Waals surface area contributed by atoms with Crippen LogP contribution in [-0.4, -0.2) is 61.1 Å². The summed E-state index contributed by atoms with van der Waals surface area (Å²) >= 11 is 0. The highest BCUT2D eigenvalue weighted by Gasteiger charge is 2.30. The van der Waals surface area contributed by atoms with Crippen molar-refractivity contribution in [2.24, 2.45) is 5.92 Å². The number of nitrogens with zero attached hydrogens (tertiary/aromatic N) is 2. The van der Waals surface area contributed by atoms with Crippen molar-refractivity contribution in [2.45, 2.75) is 45.3 Å². The second kappa shape index (κ2) is 9.37. The number of carbonyl (C=O) groups is 2. The molecule has 0 unspecified atom stereocenters. The number of hydrogen-bond donors (Lipinski definition) is 1. The van der Waals surface area contributed by atoms with Crippen LogP contribution in [0.1, 0.15) is 45.2 Å². The van der Waals surface area contributed by atoms with Crippen molar-refractivity contribution in [2.75, 3.05) is 33.7 Å². The number of nitrogens with one attached hydrogen (secondary N) is 1. The Kier molecular flexibility index (Phi) is 7.41. The summed E-state index contributed by atoms with van der Waals surface area (Å²) in [5, 5.41) is 3.00. The normalized spacial score (nSPS) is 16.8. The highest BCUT2D eigenvalue weighted by atomic mass is 19.1. The summed E-state index contributed by atoms with van der Waals surface area (Å²) in [5.41, 5.74) is 0.300. The highest BCUT2D eigenvalue weighted by molar-refractivity contribution is 5.79. The number of benzene rings is 1. The molecule has 1 aliphatic rings. The molecule has 0 bridgehead atoms. The van der Waals surface area contributed by atoms with Gasteiger partial charge in [0.1, 0.15) is 11.4 Å². The Morgan fingerprint density at radius 3 is 2.46 bits per heavy atom. The smallest absolute Gasteiger partial charge is 0.410 e. The Balaban J connectivity index is 1.86. The number of piperidine rings is 1. The first-order chi connectivity index (χ1) is 13.1. The van der Waals surface area contributed by atoms with Gasteiger partial charge in [0.25, 0.3) is 0 Å². The zero-order chi connectivity index (χ0) is 20.9. The molecule has 0 radical (unpaired) electrons. The first-order valence-corrected chi connectivity index (χ1v) is 9.74. The fraction of sp³-hybridized carbons (Fsp3) is 0.619. The van der Waals surface area contributed by atoms with Gasteiger partial charge in [0.05, 0.1) is 6.04 Å². The van der Waals surface area contributed by atoms with Crippen LogP contribution in [0, 0.1) is 11.7 Å². The molecule has 1 aromatic carbocycles. The molecule has 0 aromatic heterocycles. The molecular weight excluding hydrogens is 361 g/mol. The van der Waals surface area contributed by atoms with Crippen molar-refractivity contribution < 1.29 is 18.7 Å². The van der Waals surface area contributed by atoms with Crippen molar-refractivity contribution in [1.82, 2.24) is 15.1 Å². The van der Waals surface area contributed by atoms with E-state index in [0.717, 1.165) is 5.56 Å². The second-order valence-corrected chi connectivity index (χ2v) is 8.52. The number of carbonyl (C=O) groups excluding carboxylic acids is 2. The van der Waals surface area contributed by atoms with E-state index in [2.05, 4.69) is 5.32 Å². The molecule has 1 aromatic rings. The predicted molar refractivity (Wildman–Crippen MR) is 106 cm³/mol. The molecule has 156 valence electrons. The molecule has 0 spiro atoms. The maximum atomic E-state index is 13.5. The third-order valence-corrected chi connectivity index (χ3v) is 4.84. The van der Waals surface area contributed by atoms with Crippen LogP contribution in [0.25, 0.3) is 0 Å². The lowest BCUT2D eigenvalue weighted by Gasteiger charge is -2.33. The van der Waals surface area contributed by atoms with Crippen LogP contribution in [0.2, 0.25) is 0 Å². The first kappa shape index (κ1) is 22.1. The van der Waals surface area contributed by atoms with E-state index in [-0.39, 0.29) is 29.8 Å². The van der Waals surface area contributed by atoms with E-state index in [0.29, 0.717) is 32.5 Å². The molecule has 1 fully saturated rings. The van der Waals surface area contributed by atoms with Crippen LogP contribution in [-0.2, 0) is 9.53 Å². The van der Waals surface area contributed by atoms with Gasteiger partial charge in [0, 0.05) is 25.6 Å². The first-order valence-electron chi connectivity index (χ1n) is 9.74. The molecule has 1 N–H and O–H groups in total. The molecule has 1 atom stereocenters. The highest BCUT2D eigenvalue weighted by Crippen LogP contribution is 2.21. The Morgan fingerprint density at radius 1 is 1.29 bits per heavy atom. The van der Waals surface area contributed by atoms with Crippen LogP contribution >= 0.6 is 0 Å². The summed E-state index contributed by atoms with van der Waals surface area (Å²) in [4.78, 5) is 28.3. The summed E-state index contributed by atoms with van der Waals surface area (Å²) in [6, 6.07) is 6.33. The Hall–Kier alpha value is -2.15. The molecule has 2 rings (SSSR count). The largest absolute Gasteiger partial charge is 0.444 e. The van der Waals surface area contributed by atoms with Crippen LogP contribution < -0.4 is 5.32 Å². The number of likely N-dealkylation sites (N-methyl/N-ethyl adjacent to an activating group) is 1. The molecule has 1 aliphatic heterocycles. The van der Waals surface area contributed by atoms with Gasteiger partial charge < -0.3 is 19.9 Å². The summed E-state index contributed by atoms with van der Waals surface area (Å²) < 4.78 is 18.9. The van der Waals surface area contributed by atoms with Crippen molar-refractivity contribution in [3.05, 3.63) is 35.6 Å². The SMILES string of the molecule is CN(C)[C@H](CNC(=O)C1CCN(C(=O)OC(C)(C)C)CC1)c1cccc(F)c1. The van der Waals surface area contributed by atoms with E-state index >= 15 is 0 Å². The van der Waals surface area contributed by atoms with E-state index in [4.69, 9.17) is 4.74 Å². The number of halogens is 1. The van der Waals surface area contributed by atoms with Gasteiger partial charge >= 0.3 is 6.09 Å². The molecule has 7 heteroatoms.